The van der Waals surface area contributed by atoms with Crippen LogP contribution in [0.3, 0.4) is 0 Å². The number of halogens is 1. The minimum absolute atomic E-state index is 0.344. The molecule has 3 rings (SSSR count). The molecule has 0 unspecified atom stereocenters. The van der Waals surface area contributed by atoms with Crippen LogP contribution in [0.1, 0.15) is 18.6 Å². The number of aryl methyl sites for hydroxylation is 1. The second-order valence-electron chi connectivity index (χ2n) is 4.10. The van der Waals surface area contributed by atoms with E-state index in [9.17, 15) is 4.39 Å². The fourth-order valence-electron chi connectivity index (χ4n) is 1.66. The number of benzene rings is 1. The van der Waals surface area contributed by atoms with Crippen molar-refractivity contribution in [3.8, 4) is 5.69 Å². The second-order valence-corrected chi connectivity index (χ2v) is 5.04. The molecule has 0 aliphatic rings. The Bertz CT molecular complexity index is 743. The Hall–Kier alpha value is -2.29. The molecule has 21 heavy (non-hydrogen) atoms. The second kappa shape index (κ2) is 6.00. The topological polar surface area (TPSA) is 82.5 Å². The Kier molecular flexibility index (Phi) is 3.91. The number of rotatable bonds is 5. The van der Waals surface area contributed by atoms with Gasteiger partial charge in [0, 0.05) is 6.42 Å². The molecule has 2 heterocycles. The maximum Gasteiger partial charge on any atom is 0.237 e. The Balaban J connectivity index is 1.76. The van der Waals surface area contributed by atoms with Gasteiger partial charge in [-0.25, -0.2) is 4.39 Å². The first-order chi connectivity index (χ1) is 10.3. The molecule has 0 N–H and O–H groups in total. The average molecular weight is 306 g/mol. The lowest BCUT2D eigenvalue weighted by Crippen LogP contribution is -1.99. The first-order valence-electron chi connectivity index (χ1n) is 6.25. The lowest BCUT2D eigenvalue weighted by molar-refractivity contribution is 0.385. The molecule has 0 spiro atoms. The van der Waals surface area contributed by atoms with E-state index in [1.807, 2.05) is 6.92 Å². The van der Waals surface area contributed by atoms with Crippen LogP contribution in [0.4, 0.5) is 4.39 Å². The highest BCUT2D eigenvalue weighted by Crippen LogP contribution is 2.22. The molecule has 2 aromatic heterocycles. The van der Waals surface area contributed by atoms with Crippen molar-refractivity contribution < 1.29 is 8.91 Å². The molecule has 1 aromatic carbocycles. The van der Waals surface area contributed by atoms with E-state index in [-0.39, 0.29) is 5.82 Å². The van der Waals surface area contributed by atoms with Gasteiger partial charge in [-0.3, -0.25) is 0 Å². The van der Waals surface area contributed by atoms with E-state index in [4.69, 9.17) is 4.52 Å². The minimum Gasteiger partial charge on any atom is -0.338 e. The van der Waals surface area contributed by atoms with E-state index < -0.39 is 0 Å². The van der Waals surface area contributed by atoms with Gasteiger partial charge in [0.25, 0.3) is 0 Å². The van der Waals surface area contributed by atoms with E-state index in [1.165, 1.54) is 28.6 Å². The van der Waals surface area contributed by atoms with E-state index in [0.29, 0.717) is 28.3 Å². The molecular formula is C12H11FN6OS. The molecule has 7 nitrogen and oxygen atoms in total. The monoisotopic (exact) mass is 306 g/mol. The van der Waals surface area contributed by atoms with E-state index in [1.54, 1.807) is 12.1 Å². The predicted molar refractivity (Wildman–Crippen MR) is 72.3 cm³/mol. The third kappa shape index (κ3) is 3.07. The molecule has 0 saturated heterocycles. The van der Waals surface area contributed by atoms with Crippen molar-refractivity contribution in [3.63, 3.8) is 0 Å². The Labute approximate surface area is 123 Å². The molecule has 9 heteroatoms. The van der Waals surface area contributed by atoms with Crippen LogP contribution in [0.5, 0.6) is 0 Å². The molecule has 0 bridgehead atoms. The average Bonchev–Trinajstić information content (AvgIpc) is 3.14. The third-order valence-corrected chi connectivity index (χ3v) is 3.55. The zero-order valence-corrected chi connectivity index (χ0v) is 11.9. The van der Waals surface area contributed by atoms with E-state index in [2.05, 4.69) is 25.7 Å². The van der Waals surface area contributed by atoms with Gasteiger partial charge >= 0.3 is 0 Å². The molecule has 0 atom stereocenters. The SMILES string of the molecule is CCc1noc(CSc2nnnn2-c2cccc(F)c2)n1. The normalized spacial score (nSPS) is 11.0. The molecule has 0 aliphatic carbocycles. The Morgan fingerprint density at radius 1 is 1.38 bits per heavy atom. The van der Waals surface area contributed by atoms with Crippen molar-refractivity contribution in [3.05, 3.63) is 41.8 Å². The smallest absolute Gasteiger partial charge is 0.237 e. The molecule has 3 aromatic rings. The van der Waals surface area contributed by atoms with Gasteiger partial charge in [-0.2, -0.15) is 9.67 Å². The Morgan fingerprint density at radius 2 is 2.29 bits per heavy atom. The van der Waals surface area contributed by atoms with E-state index in [0.717, 1.165) is 6.42 Å². The van der Waals surface area contributed by atoms with Crippen molar-refractivity contribution in [1.29, 1.82) is 0 Å². The zero-order valence-electron chi connectivity index (χ0n) is 11.1. The summed E-state index contributed by atoms with van der Waals surface area (Å²) < 4.78 is 19.8. The van der Waals surface area contributed by atoms with Crippen molar-refractivity contribution in [2.24, 2.45) is 0 Å². The quantitative estimate of drug-likeness (QED) is 0.667. The lowest BCUT2D eigenvalue weighted by Gasteiger charge is -2.02. The lowest BCUT2D eigenvalue weighted by atomic mass is 10.3. The summed E-state index contributed by atoms with van der Waals surface area (Å²) in [6, 6.07) is 6.06. The summed E-state index contributed by atoms with van der Waals surface area (Å²) in [7, 11) is 0. The van der Waals surface area contributed by atoms with Crippen LogP contribution in [0, 0.1) is 5.82 Å². The summed E-state index contributed by atoms with van der Waals surface area (Å²) in [5, 5.41) is 15.7. The van der Waals surface area contributed by atoms with Crippen LogP contribution >= 0.6 is 11.8 Å². The molecule has 108 valence electrons. The third-order valence-electron chi connectivity index (χ3n) is 2.64. The van der Waals surface area contributed by atoms with Crippen LogP contribution in [0.2, 0.25) is 0 Å². The van der Waals surface area contributed by atoms with Gasteiger partial charge in [-0.05, 0) is 28.6 Å². The number of thioether (sulfide) groups is 1. The summed E-state index contributed by atoms with van der Waals surface area (Å²) in [6.07, 6.45) is 0.717. The molecule has 0 aliphatic heterocycles. The molecule has 0 fully saturated rings. The number of hydrogen-bond donors (Lipinski definition) is 0. The molecular weight excluding hydrogens is 295 g/mol. The fraction of sp³-hybridized carbons (Fsp3) is 0.250. The highest BCUT2D eigenvalue weighted by atomic mass is 32.2. The van der Waals surface area contributed by atoms with Gasteiger partial charge in [-0.1, -0.05) is 29.9 Å². The van der Waals surface area contributed by atoms with Gasteiger partial charge in [0.15, 0.2) is 5.82 Å². The van der Waals surface area contributed by atoms with Gasteiger partial charge < -0.3 is 4.52 Å². The van der Waals surface area contributed by atoms with Gasteiger partial charge in [-0.15, -0.1) is 5.10 Å². The fourth-order valence-corrected chi connectivity index (χ4v) is 2.39. The summed E-state index contributed by atoms with van der Waals surface area (Å²) in [6.45, 7) is 1.95. The van der Waals surface area contributed by atoms with Crippen LogP contribution in [-0.4, -0.2) is 30.3 Å². The number of aromatic nitrogens is 6. The first-order valence-corrected chi connectivity index (χ1v) is 7.23. The molecule has 0 saturated carbocycles. The number of tetrazole rings is 1. The van der Waals surface area contributed by atoms with Crippen LogP contribution < -0.4 is 0 Å². The van der Waals surface area contributed by atoms with Crippen LogP contribution in [0.15, 0.2) is 33.9 Å². The van der Waals surface area contributed by atoms with Crippen molar-refractivity contribution in [1.82, 2.24) is 30.3 Å². The van der Waals surface area contributed by atoms with Crippen molar-refractivity contribution >= 4 is 11.8 Å². The maximum atomic E-state index is 13.3. The van der Waals surface area contributed by atoms with Gasteiger partial charge in [0.2, 0.25) is 11.0 Å². The zero-order chi connectivity index (χ0) is 14.7. The summed E-state index contributed by atoms with van der Waals surface area (Å²) in [5.74, 6) is 1.27. The summed E-state index contributed by atoms with van der Waals surface area (Å²) in [5.41, 5.74) is 0.558. The van der Waals surface area contributed by atoms with Crippen LogP contribution in [-0.2, 0) is 12.2 Å². The molecule has 0 radical (unpaired) electrons. The number of hydrogen-bond acceptors (Lipinski definition) is 7. The number of nitrogens with zero attached hydrogens (tertiary/aromatic N) is 6. The van der Waals surface area contributed by atoms with Crippen molar-refractivity contribution in [2.45, 2.75) is 24.3 Å². The predicted octanol–water partition coefficient (Wildman–Crippen LogP) is 2.04. The highest BCUT2D eigenvalue weighted by molar-refractivity contribution is 7.98. The van der Waals surface area contributed by atoms with Crippen molar-refractivity contribution in [2.75, 3.05) is 0 Å². The molecule has 0 amide bonds. The first kappa shape index (κ1) is 13.7. The summed E-state index contributed by atoms with van der Waals surface area (Å²) >= 11 is 1.34. The largest absolute Gasteiger partial charge is 0.338 e. The van der Waals surface area contributed by atoms with E-state index >= 15 is 0 Å². The summed E-state index contributed by atoms with van der Waals surface area (Å²) in [4.78, 5) is 4.21. The maximum absolute atomic E-state index is 13.3. The van der Waals surface area contributed by atoms with Gasteiger partial charge in [0.05, 0.1) is 11.4 Å². The standard InChI is InChI=1S/C12H11FN6OS/c1-2-10-14-11(20-16-10)7-21-12-15-17-18-19(12)9-5-3-4-8(13)6-9/h3-6H,2,7H2,1H3. The highest BCUT2D eigenvalue weighted by Gasteiger charge is 2.12. The Morgan fingerprint density at radius 3 is 3.05 bits per heavy atom. The van der Waals surface area contributed by atoms with Crippen LogP contribution in [0.25, 0.3) is 5.69 Å². The minimum atomic E-state index is -0.344. The van der Waals surface area contributed by atoms with Gasteiger partial charge in [0.1, 0.15) is 5.82 Å².